The maximum Gasteiger partial charge on any atom is 0.233 e. The fourth-order valence-corrected chi connectivity index (χ4v) is 3.92. The van der Waals surface area contributed by atoms with Gasteiger partial charge in [-0.1, -0.05) is 29.3 Å². The molecule has 4 rings (SSSR count). The van der Waals surface area contributed by atoms with E-state index in [1.165, 1.54) is 36.9 Å². The molecular formula is C17H22BrN5. The summed E-state index contributed by atoms with van der Waals surface area (Å²) in [5.74, 6) is 2.00. The Morgan fingerprint density at radius 1 is 1.13 bits per heavy atom. The van der Waals surface area contributed by atoms with Crippen LogP contribution in [0.2, 0.25) is 0 Å². The summed E-state index contributed by atoms with van der Waals surface area (Å²) in [5, 5.41) is 9.09. The van der Waals surface area contributed by atoms with Crippen molar-refractivity contribution < 1.29 is 0 Å². The topological polar surface area (TPSA) is 37.2 Å². The van der Waals surface area contributed by atoms with Crippen LogP contribution < -0.4 is 9.80 Å². The van der Waals surface area contributed by atoms with E-state index in [9.17, 15) is 0 Å². The molecule has 0 spiro atoms. The van der Waals surface area contributed by atoms with Crippen LogP contribution >= 0.6 is 15.9 Å². The Balaban J connectivity index is 1.81. The molecule has 1 saturated heterocycles. The fourth-order valence-electron chi connectivity index (χ4n) is 3.51. The van der Waals surface area contributed by atoms with Gasteiger partial charge in [0, 0.05) is 30.7 Å². The van der Waals surface area contributed by atoms with Crippen LogP contribution in [-0.2, 0) is 6.54 Å². The third-order valence-electron chi connectivity index (χ3n) is 4.73. The largest absolute Gasteiger partial charge is 0.341 e. The molecule has 23 heavy (non-hydrogen) atoms. The molecule has 0 bridgehead atoms. The summed E-state index contributed by atoms with van der Waals surface area (Å²) in [4.78, 5) is 4.73. The molecule has 0 aliphatic carbocycles. The van der Waals surface area contributed by atoms with Crippen LogP contribution in [0.15, 0.2) is 22.7 Å². The van der Waals surface area contributed by atoms with Gasteiger partial charge in [-0.2, -0.15) is 0 Å². The van der Waals surface area contributed by atoms with Crippen LogP contribution in [-0.4, -0.2) is 34.4 Å². The predicted octanol–water partition coefficient (Wildman–Crippen LogP) is 3.75. The van der Waals surface area contributed by atoms with Crippen molar-refractivity contribution in [3.05, 3.63) is 28.2 Å². The van der Waals surface area contributed by atoms with Gasteiger partial charge < -0.3 is 9.80 Å². The van der Waals surface area contributed by atoms with Crippen molar-refractivity contribution >= 4 is 27.8 Å². The summed E-state index contributed by atoms with van der Waals surface area (Å²) >= 11 is 3.61. The molecule has 1 aromatic carbocycles. The van der Waals surface area contributed by atoms with E-state index in [1.807, 2.05) is 0 Å². The zero-order valence-electron chi connectivity index (χ0n) is 13.5. The molecule has 122 valence electrons. The van der Waals surface area contributed by atoms with Crippen molar-refractivity contribution in [3.8, 4) is 5.69 Å². The molecule has 5 nitrogen and oxygen atoms in total. The standard InChI is InChI=1S/C17H22BrN5/c1-2-3-8-22-12-13-11-14(18)6-7-15(13)23-16(19-20-17(22)23)21-9-4-5-10-21/h6-7,11H,2-5,8-10,12H2,1H3. The first-order valence-corrected chi connectivity index (χ1v) is 9.31. The number of benzene rings is 1. The van der Waals surface area contributed by atoms with Gasteiger partial charge in [0.15, 0.2) is 0 Å². The van der Waals surface area contributed by atoms with Gasteiger partial charge in [-0.25, -0.2) is 4.57 Å². The molecule has 2 aromatic rings. The van der Waals surface area contributed by atoms with E-state index in [2.05, 4.69) is 65.6 Å². The summed E-state index contributed by atoms with van der Waals surface area (Å²) in [7, 11) is 0. The van der Waals surface area contributed by atoms with Crippen molar-refractivity contribution in [3.63, 3.8) is 0 Å². The fraction of sp³-hybridized carbons (Fsp3) is 0.529. The smallest absolute Gasteiger partial charge is 0.233 e. The first-order valence-electron chi connectivity index (χ1n) is 8.52. The van der Waals surface area contributed by atoms with Gasteiger partial charge in [0.1, 0.15) is 0 Å². The minimum Gasteiger partial charge on any atom is -0.341 e. The van der Waals surface area contributed by atoms with Crippen molar-refractivity contribution in [1.29, 1.82) is 0 Å². The number of nitrogens with zero attached hydrogens (tertiary/aromatic N) is 5. The molecule has 0 atom stereocenters. The van der Waals surface area contributed by atoms with E-state index in [4.69, 9.17) is 0 Å². The molecule has 0 radical (unpaired) electrons. The highest BCUT2D eigenvalue weighted by Crippen LogP contribution is 2.35. The number of hydrogen-bond donors (Lipinski definition) is 0. The van der Waals surface area contributed by atoms with Gasteiger partial charge in [-0.15, -0.1) is 10.2 Å². The molecule has 1 fully saturated rings. The summed E-state index contributed by atoms with van der Waals surface area (Å²) in [5.41, 5.74) is 2.56. The second-order valence-corrected chi connectivity index (χ2v) is 7.29. The Bertz CT molecular complexity index is 705. The Hall–Kier alpha value is -1.56. The van der Waals surface area contributed by atoms with Gasteiger partial charge >= 0.3 is 0 Å². The minimum absolute atomic E-state index is 0.910. The quantitative estimate of drug-likeness (QED) is 0.815. The number of anilines is 2. The minimum atomic E-state index is 0.910. The Morgan fingerprint density at radius 2 is 1.91 bits per heavy atom. The Kier molecular flexibility index (Phi) is 4.01. The lowest BCUT2D eigenvalue weighted by Crippen LogP contribution is -2.32. The van der Waals surface area contributed by atoms with E-state index in [0.717, 1.165) is 42.5 Å². The highest BCUT2D eigenvalue weighted by Gasteiger charge is 2.29. The van der Waals surface area contributed by atoms with Crippen LogP contribution in [0.5, 0.6) is 0 Å². The molecule has 0 unspecified atom stereocenters. The molecule has 2 aliphatic rings. The second-order valence-electron chi connectivity index (χ2n) is 6.38. The summed E-state index contributed by atoms with van der Waals surface area (Å²) in [6.45, 7) is 6.33. The lowest BCUT2D eigenvalue weighted by Gasteiger charge is -2.31. The summed E-state index contributed by atoms with van der Waals surface area (Å²) in [6, 6.07) is 6.52. The van der Waals surface area contributed by atoms with E-state index in [0.29, 0.717) is 0 Å². The van der Waals surface area contributed by atoms with Gasteiger partial charge in [0.05, 0.1) is 5.69 Å². The molecule has 2 aliphatic heterocycles. The highest BCUT2D eigenvalue weighted by atomic mass is 79.9. The van der Waals surface area contributed by atoms with Gasteiger partial charge in [-0.3, -0.25) is 0 Å². The number of fused-ring (bicyclic) bond motifs is 3. The van der Waals surface area contributed by atoms with Gasteiger partial charge in [-0.05, 0) is 43.0 Å². The maximum absolute atomic E-state index is 4.54. The first kappa shape index (κ1) is 15.0. The van der Waals surface area contributed by atoms with E-state index in [1.54, 1.807) is 0 Å². The molecule has 0 amide bonds. The molecule has 3 heterocycles. The van der Waals surface area contributed by atoms with Crippen molar-refractivity contribution in [2.24, 2.45) is 0 Å². The first-order chi connectivity index (χ1) is 11.3. The zero-order valence-corrected chi connectivity index (χ0v) is 15.1. The lowest BCUT2D eigenvalue weighted by atomic mass is 10.1. The SMILES string of the molecule is CCCCN1Cc2cc(Br)ccc2-n2c(N3CCCC3)nnc21. The van der Waals surface area contributed by atoms with Crippen molar-refractivity contribution in [1.82, 2.24) is 14.8 Å². The number of hydrogen-bond acceptors (Lipinski definition) is 4. The Morgan fingerprint density at radius 3 is 2.70 bits per heavy atom. The number of unbranched alkanes of at least 4 members (excludes halogenated alkanes) is 1. The van der Waals surface area contributed by atoms with Crippen molar-refractivity contribution in [2.45, 2.75) is 39.2 Å². The predicted molar refractivity (Wildman–Crippen MR) is 96.5 cm³/mol. The van der Waals surface area contributed by atoms with Crippen LogP contribution in [0.4, 0.5) is 11.9 Å². The maximum atomic E-state index is 4.54. The van der Waals surface area contributed by atoms with Crippen LogP contribution in [0, 0.1) is 0 Å². The molecule has 0 saturated carbocycles. The summed E-state index contributed by atoms with van der Waals surface area (Å²) < 4.78 is 3.39. The molecule has 6 heteroatoms. The van der Waals surface area contributed by atoms with Crippen LogP contribution in [0.25, 0.3) is 5.69 Å². The molecule has 1 aromatic heterocycles. The lowest BCUT2D eigenvalue weighted by molar-refractivity contribution is 0.672. The average Bonchev–Trinajstić information content (AvgIpc) is 3.21. The second kappa shape index (κ2) is 6.15. The van der Waals surface area contributed by atoms with Gasteiger partial charge in [0.2, 0.25) is 11.9 Å². The van der Waals surface area contributed by atoms with Crippen LogP contribution in [0.1, 0.15) is 38.2 Å². The monoisotopic (exact) mass is 375 g/mol. The zero-order chi connectivity index (χ0) is 15.8. The van der Waals surface area contributed by atoms with Crippen molar-refractivity contribution in [2.75, 3.05) is 29.4 Å². The van der Waals surface area contributed by atoms with Gasteiger partial charge in [0.25, 0.3) is 0 Å². The number of halogens is 1. The third-order valence-corrected chi connectivity index (χ3v) is 5.22. The van der Waals surface area contributed by atoms with E-state index < -0.39 is 0 Å². The summed E-state index contributed by atoms with van der Waals surface area (Å²) in [6.07, 6.45) is 4.86. The molecule has 0 N–H and O–H groups in total. The van der Waals surface area contributed by atoms with Crippen LogP contribution in [0.3, 0.4) is 0 Å². The third kappa shape index (κ3) is 2.63. The average molecular weight is 376 g/mol. The van der Waals surface area contributed by atoms with E-state index >= 15 is 0 Å². The highest BCUT2D eigenvalue weighted by molar-refractivity contribution is 9.10. The Labute approximate surface area is 145 Å². The molecular weight excluding hydrogens is 354 g/mol. The number of aromatic nitrogens is 3. The normalized spacial score (nSPS) is 16.6. The van der Waals surface area contributed by atoms with E-state index in [-0.39, 0.29) is 0 Å². The number of rotatable bonds is 4.